The molecule has 2 aromatic heterocycles. The number of H-pyrrole nitrogens is 1. The van der Waals surface area contributed by atoms with E-state index in [4.69, 9.17) is 11.6 Å². The van der Waals surface area contributed by atoms with E-state index in [-0.39, 0.29) is 23.2 Å². The second-order valence-corrected chi connectivity index (χ2v) is 9.55. The number of hydrogen-bond donors (Lipinski definition) is 3. The number of aromatic nitrogens is 3. The molecule has 2 aliphatic rings. The van der Waals surface area contributed by atoms with E-state index in [0.29, 0.717) is 34.0 Å². The lowest BCUT2D eigenvalue weighted by atomic mass is 9.90. The minimum absolute atomic E-state index is 0.0130. The Morgan fingerprint density at radius 2 is 2.06 bits per heavy atom. The largest absolute Gasteiger partial charge is 0.392 e. The van der Waals surface area contributed by atoms with Gasteiger partial charge in [0.05, 0.1) is 29.3 Å². The average Bonchev–Trinajstić information content (AvgIpc) is 3.51. The number of aliphatic hydroxyl groups excluding tert-OH is 1. The third kappa shape index (κ3) is 3.10. The highest BCUT2D eigenvalue weighted by Crippen LogP contribution is 2.37. The maximum Gasteiger partial charge on any atom is 0.274 e. The summed E-state index contributed by atoms with van der Waals surface area (Å²) in [7, 11) is 0. The van der Waals surface area contributed by atoms with Gasteiger partial charge in [-0.25, -0.2) is 4.98 Å². The predicted molar refractivity (Wildman–Crippen MR) is 128 cm³/mol. The highest BCUT2D eigenvalue weighted by atomic mass is 35.5. The van der Waals surface area contributed by atoms with E-state index in [1.54, 1.807) is 12.3 Å². The molecule has 0 spiro atoms. The molecule has 3 unspecified atom stereocenters. The van der Waals surface area contributed by atoms with Gasteiger partial charge < -0.3 is 15.4 Å². The molecule has 0 radical (unpaired) electrons. The standard InChI is InChI=1S/C25H23ClN4O3/c1-12-7-20-19(9-15(12)23(32)17-10-27-18-6-5-13(26)8-16(17)18)29-25(33)21-11-28-24(30(20)21)14-3-2-4-22(14)31/h5-9,11,14,17,22,27,31H,2-4,10H2,1H3,(H,29,33). The second-order valence-electron chi connectivity index (χ2n) is 9.11. The lowest BCUT2D eigenvalue weighted by Crippen LogP contribution is -2.19. The number of aryl methyl sites for hydroxylation is 1. The van der Waals surface area contributed by atoms with Gasteiger partial charge in [0, 0.05) is 28.7 Å². The number of hydrogen-bond acceptors (Lipinski definition) is 5. The first-order valence-electron chi connectivity index (χ1n) is 11.2. The SMILES string of the molecule is Cc1cc2c(cc1C(=O)C1CNc3ccc(Cl)cc31)[nH]c(=O)c1cnc(C3CCCC3O)n12. The van der Waals surface area contributed by atoms with Crippen molar-refractivity contribution in [2.24, 2.45) is 0 Å². The normalized spacial score (nSPS) is 22.1. The van der Waals surface area contributed by atoms with E-state index in [1.165, 1.54) is 0 Å². The summed E-state index contributed by atoms with van der Waals surface area (Å²) in [6, 6.07) is 9.24. The highest BCUT2D eigenvalue weighted by Gasteiger charge is 2.32. The smallest absolute Gasteiger partial charge is 0.274 e. The summed E-state index contributed by atoms with van der Waals surface area (Å²) in [4.78, 5) is 33.9. The number of halogens is 1. The topological polar surface area (TPSA) is 99.5 Å². The van der Waals surface area contributed by atoms with Crippen LogP contribution in [0.5, 0.6) is 0 Å². The third-order valence-electron chi connectivity index (χ3n) is 7.13. The fraction of sp³-hybridized carbons (Fsp3) is 0.320. The molecule has 3 heterocycles. The molecule has 7 nitrogen and oxygen atoms in total. The zero-order chi connectivity index (χ0) is 22.9. The molecule has 1 aliphatic heterocycles. The summed E-state index contributed by atoms with van der Waals surface area (Å²) in [5.41, 5.74) is 4.73. The molecule has 0 saturated heterocycles. The molecule has 6 rings (SSSR count). The van der Waals surface area contributed by atoms with Crippen molar-refractivity contribution in [1.29, 1.82) is 0 Å². The summed E-state index contributed by atoms with van der Waals surface area (Å²) in [5.74, 6) is 0.238. The van der Waals surface area contributed by atoms with E-state index in [1.807, 2.05) is 35.6 Å². The summed E-state index contributed by atoms with van der Waals surface area (Å²) >= 11 is 6.18. The van der Waals surface area contributed by atoms with Gasteiger partial charge in [-0.15, -0.1) is 0 Å². The number of anilines is 1. The first kappa shape index (κ1) is 20.4. The maximum atomic E-state index is 13.6. The van der Waals surface area contributed by atoms with Gasteiger partial charge in [-0.2, -0.15) is 0 Å². The van der Waals surface area contributed by atoms with Crippen LogP contribution in [0.3, 0.4) is 0 Å². The van der Waals surface area contributed by atoms with Gasteiger partial charge in [0.2, 0.25) is 0 Å². The van der Waals surface area contributed by atoms with Crippen LogP contribution in [0.4, 0.5) is 5.69 Å². The lowest BCUT2D eigenvalue weighted by Gasteiger charge is -2.16. The monoisotopic (exact) mass is 462 g/mol. The van der Waals surface area contributed by atoms with Crippen molar-refractivity contribution in [3.05, 3.63) is 74.4 Å². The number of ketones is 1. The fourth-order valence-electron chi connectivity index (χ4n) is 5.44. The number of Topliss-reactive ketones (excluding diaryl/α,β-unsaturated/α-hetero) is 1. The van der Waals surface area contributed by atoms with Gasteiger partial charge >= 0.3 is 0 Å². The number of aliphatic hydroxyl groups is 1. The third-order valence-corrected chi connectivity index (χ3v) is 7.37. The number of benzene rings is 2. The number of carbonyl (C=O) groups excluding carboxylic acids is 1. The Morgan fingerprint density at radius 1 is 1.21 bits per heavy atom. The molecule has 3 atom stereocenters. The molecular weight excluding hydrogens is 440 g/mol. The predicted octanol–water partition coefficient (Wildman–Crippen LogP) is 4.16. The number of rotatable bonds is 3. The quantitative estimate of drug-likeness (QED) is 0.397. The molecule has 4 aromatic rings. The summed E-state index contributed by atoms with van der Waals surface area (Å²) in [5, 5.41) is 14.3. The first-order chi connectivity index (χ1) is 15.9. The number of carbonyl (C=O) groups is 1. The molecule has 33 heavy (non-hydrogen) atoms. The maximum absolute atomic E-state index is 13.6. The molecule has 0 amide bonds. The summed E-state index contributed by atoms with van der Waals surface area (Å²) in [6.45, 7) is 2.42. The molecule has 1 aliphatic carbocycles. The average molecular weight is 463 g/mol. The molecule has 1 saturated carbocycles. The zero-order valence-corrected chi connectivity index (χ0v) is 18.8. The highest BCUT2D eigenvalue weighted by molar-refractivity contribution is 6.30. The molecule has 3 N–H and O–H groups in total. The van der Waals surface area contributed by atoms with Crippen molar-refractivity contribution < 1.29 is 9.90 Å². The number of imidazole rings is 1. The van der Waals surface area contributed by atoms with Crippen LogP contribution >= 0.6 is 11.6 Å². The van der Waals surface area contributed by atoms with Crippen molar-refractivity contribution in [3.63, 3.8) is 0 Å². The van der Waals surface area contributed by atoms with Crippen molar-refractivity contribution in [2.45, 2.75) is 44.1 Å². The van der Waals surface area contributed by atoms with E-state index < -0.39 is 6.10 Å². The van der Waals surface area contributed by atoms with Gasteiger partial charge in [-0.3, -0.25) is 14.0 Å². The van der Waals surface area contributed by atoms with Crippen LogP contribution in [0.2, 0.25) is 5.02 Å². The number of nitrogens with one attached hydrogen (secondary N) is 2. The fourth-order valence-corrected chi connectivity index (χ4v) is 5.62. The number of fused-ring (bicyclic) bond motifs is 4. The van der Waals surface area contributed by atoms with Crippen LogP contribution in [0, 0.1) is 6.92 Å². The van der Waals surface area contributed by atoms with Crippen LogP contribution in [0.25, 0.3) is 16.6 Å². The van der Waals surface area contributed by atoms with Crippen molar-refractivity contribution in [3.8, 4) is 0 Å². The minimum atomic E-state index is -0.464. The molecule has 168 valence electrons. The Bertz CT molecular complexity index is 1510. The van der Waals surface area contributed by atoms with Crippen LogP contribution < -0.4 is 10.9 Å². The van der Waals surface area contributed by atoms with Crippen molar-refractivity contribution >= 4 is 39.6 Å². The Balaban J connectivity index is 1.50. The molecule has 8 heteroatoms. The van der Waals surface area contributed by atoms with E-state index in [2.05, 4.69) is 15.3 Å². The Kier molecular flexibility index (Phi) is 4.61. The molecule has 1 fully saturated rings. The van der Waals surface area contributed by atoms with E-state index >= 15 is 0 Å². The van der Waals surface area contributed by atoms with E-state index in [0.717, 1.165) is 41.6 Å². The Morgan fingerprint density at radius 3 is 2.85 bits per heavy atom. The van der Waals surface area contributed by atoms with Gasteiger partial charge in [0.25, 0.3) is 5.56 Å². The van der Waals surface area contributed by atoms with Gasteiger partial charge in [-0.05, 0) is 61.2 Å². The minimum Gasteiger partial charge on any atom is -0.392 e. The second kappa shape index (κ2) is 7.43. The Hall–Kier alpha value is -3.16. The molecule has 2 aromatic carbocycles. The lowest BCUT2D eigenvalue weighted by molar-refractivity contribution is 0.0966. The number of nitrogens with zero attached hydrogens (tertiary/aromatic N) is 2. The van der Waals surface area contributed by atoms with Gasteiger partial charge in [0.15, 0.2) is 5.78 Å². The summed E-state index contributed by atoms with van der Waals surface area (Å²) in [6.07, 6.45) is 3.60. The van der Waals surface area contributed by atoms with E-state index in [9.17, 15) is 14.7 Å². The first-order valence-corrected chi connectivity index (χ1v) is 11.6. The van der Waals surface area contributed by atoms with Crippen LogP contribution in [0.1, 0.15) is 58.4 Å². The molecule has 0 bridgehead atoms. The van der Waals surface area contributed by atoms with Crippen LogP contribution in [0.15, 0.2) is 41.3 Å². The van der Waals surface area contributed by atoms with Crippen LogP contribution in [-0.4, -0.2) is 37.9 Å². The number of aromatic amines is 1. The van der Waals surface area contributed by atoms with Gasteiger partial charge in [0.1, 0.15) is 11.3 Å². The van der Waals surface area contributed by atoms with Crippen molar-refractivity contribution in [1.82, 2.24) is 14.4 Å². The van der Waals surface area contributed by atoms with Crippen LogP contribution in [-0.2, 0) is 0 Å². The van der Waals surface area contributed by atoms with Crippen molar-refractivity contribution in [2.75, 3.05) is 11.9 Å². The Labute approximate surface area is 194 Å². The van der Waals surface area contributed by atoms with Gasteiger partial charge in [-0.1, -0.05) is 18.0 Å². The zero-order valence-electron chi connectivity index (χ0n) is 18.1. The molecular formula is C25H23ClN4O3. The summed E-state index contributed by atoms with van der Waals surface area (Å²) < 4.78 is 1.85.